The fourth-order valence-corrected chi connectivity index (χ4v) is 1.91. The van der Waals surface area contributed by atoms with Gasteiger partial charge < -0.3 is 5.11 Å². The highest BCUT2D eigenvalue weighted by Crippen LogP contribution is 2.22. The standard InChI is InChI=1S/C11H23NO/c1-9-5-7-12(11(2,3)4)8-6-10(9)13/h9-10,13H,5-8H2,1-4H3/t9-,10-/m0/s1. The second-order valence-corrected chi connectivity index (χ2v) is 5.28. The topological polar surface area (TPSA) is 23.5 Å². The number of hydrogen-bond acceptors (Lipinski definition) is 2. The molecule has 0 amide bonds. The molecule has 0 aromatic carbocycles. The Morgan fingerprint density at radius 3 is 2.23 bits per heavy atom. The van der Waals surface area contributed by atoms with E-state index in [-0.39, 0.29) is 11.6 Å². The SMILES string of the molecule is C[C@H]1CCN(C(C)(C)C)CC[C@@H]1O. The Balaban J connectivity index is 2.54. The summed E-state index contributed by atoms with van der Waals surface area (Å²) in [6, 6.07) is 0. The maximum atomic E-state index is 9.71. The zero-order valence-corrected chi connectivity index (χ0v) is 9.38. The highest BCUT2D eigenvalue weighted by atomic mass is 16.3. The largest absolute Gasteiger partial charge is 0.393 e. The molecule has 0 radical (unpaired) electrons. The van der Waals surface area contributed by atoms with Gasteiger partial charge in [-0.2, -0.15) is 0 Å². The Hall–Kier alpha value is -0.0800. The van der Waals surface area contributed by atoms with Crippen LogP contribution in [0.25, 0.3) is 0 Å². The molecular formula is C11H23NO. The van der Waals surface area contributed by atoms with Crippen LogP contribution in [0.1, 0.15) is 40.5 Å². The van der Waals surface area contributed by atoms with Crippen molar-refractivity contribution in [2.45, 2.75) is 52.2 Å². The number of nitrogens with zero attached hydrogens (tertiary/aromatic N) is 1. The quantitative estimate of drug-likeness (QED) is 0.623. The maximum Gasteiger partial charge on any atom is 0.0578 e. The molecule has 13 heavy (non-hydrogen) atoms. The monoisotopic (exact) mass is 185 g/mol. The van der Waals surface area contributed by atoms with Crippen LogP contribution < -0.4 is 0 Å². The molecule has 1 rings (SSSR count). The van der Waals surface area contributed by atoms with E-state index in [1.165, 1.54) is 0 Å². The summed E-state index contributed by atoms with van der Waals surface area (Å²) >= 11 is 0. The van der Waals surface area contributed by atoms with Crippen molar-refractivity contribution in [2.24, 2.45) is 5.92 Å². The average Bonchev–Trinajstić information content (AvgIpc) is 2.14. The first kappa shape index (κ1) is 11.0. The van der Waals surface area contributed by atoms with Crippen molar-refractivity contribution in [3.63, 3.8) is 0 Å². The molecule has 0 bridgehead atoms. The fraction of sp³-hybridized carbons (Fsp3) is 1.00. The minimum Gasteiger partial charge on any atom is -0.393 e. The summed E-state index contributed by atoms with van der Waals surface area (Å²) in [4.78, 5) is 2.47. The third-order valence-electron chi connectivity index (χ3n) is 3.15. The summed E-state index contributed by atoms with van der Waals surface area (Å²) in [5.41, 5.74) is 0.254. The number of likely N-dealkylation sites (tertiary alicyclic amines) is 1. The van der Waals surface area contributed by atoms with Crippen molar-refractivity contribution in [1.29, 1.82) is 0 Å². The van der Waals surface area contributed by atoms with Gasteiger partial charge in [0.05, 0.1) is 6.10 Å². The Kier molecular flexibility index (Phi) is 3.36. The summed E-state index contributed by atoms with van der Waals surface area (Å²) in [6.45, 7) is 11.0. The molecule has 1 aliphatic rings. The van der Waals surface area contributed by atoms with Crippen LogP contribution in [0.3, 0.4) is 0 Å². The Morgan fingerprint density at radius 2 is 1.69 bits per heavy atom. The molecule has 0 aliphatic carbocycles. The average molecular weight is 185 g/mol. The smallest absolute Gasteiger partial charge is 0.0578 e. The van der Waals surface area contributed by atoms with Gasteiger partial charge in [0.25, 0.3) is 0 Å². The highest BCUT2D eigenvalue weighted by molar-refractivity contribution is 4.81. The van der Waals surface area contributed by atoms with Gasteiger partial charge in [-0.3, -0.25) is 4.90 Å². The van der Waals surface area contributed by atoms with E-state index in [9.17, 15) is 5.11 Å². The normalized spacial score (nSPS) is 33.0. The van der Waals surface area contributed by atoms with E-state index in [4.69, 9.17) is 0 Å². The van der Waals surface area contributed by atoms with Crippen molar-refractivity contribution in [3.8, 4) is 0 Å². The predicted molar refractivity (Wildman–Crippen MR) is 55.7 cm³/mol. The number of aliphatic hydroxyl groups excluding tert-OH is 1. The molecule has 2 heteroatoms. The van der Waals surface area contributed by atoms with E-state index < -0.39 is 0 Å². The molecule has 1 heterocycles. The van der Waals surface area contributed by atoms with Gasteiger partial charge in [-0.1, -0.05) is 6.92 Å². The van der Waals surface area contributed by atoms with E-state index in [0.29, 0.717) is 5.92 Å². The van der Waals surface area contributed by atoms with Crippen molar-refractivity contribution in [1.82, 2.24) is 4.90 Å². The highest BCUT2D eigenvalue weighted by Gasteiger charge is 2.27. The number of hydrogen-bond donors (Lipinski definition) is 1. The molecule has 0 aromatic rings. The fourth-order valence-electron chi connectivity index (χ4n) is 1.91. The van der Waals surface area contributed by atoms with Crippen molar-refractivity contribution in [2.75, 3.05) is 13.1 Å². The first-order valence-corrected chi connectivity index (χ1v) is 5.34. The van der Waals surface area contributed by atoms with Gasteiger partial charge in [-0.05, 0) is 46.1 Å². The summed E-state index contributed by atoms with van der Waals surface area (Å²) in [5.74, 6) is 0.465. The van der Waals surface area contributed by atoms with Crippen LogP contribution in [-0.4, -0.2) is 34.7 Å². The third kappa shape index (κ3) is 2.96. The number of rotatable bonds is 0. The lowest BCUT2D eigenvalue weighted by atomic mass is 10.0. The Labute approximate surface area is 81.9 Å². The van der Waals surface area contributed by atoms with Crippen molar-refractivity contribution < 1.29 is 5.11 Å². The van der Waals surface area contributed by atoms with Crippen LogP contribution in [0.4, 0.5) is 0 Å². The van der Waals surface area contributed by atoms with Gasteiger partial charge in [0.2, 0.25) is 0 Å². The van der Waals surface area contributed by atoms with E-state index in [1.807, 2.05) is 0 Å². The predicted octanol–water partition coefficient (Wildman–Crippen LogP) is 1.88. The van der Waals surface area contributed by atoms with E-state index in [2.05, 4.69) is 32.6 Å². The van der Waals surface area contributed by atoms with E-state index in [0.717, 1.165) is 25.9 Å². The van der Waals surface area contributed by atoms with Crippen molar-refractivity contribution >= 4 is 0 Å². The van der Waals surface area contributed by atoms with Crippen LogP contribution in [0.15, 0.2) is 0 Å². The number of aliphatic hydroxyl groups is 1. The molecule has 78 valence electrons. The molecule has 0 saturated carbocycles. The zero-order chi connectivity index (χ0) is 10.1. The molecule has 0 unspecified atom stereocenters. The molecule has 1 aliphatic heterocycles. The lowest BCUT2D eigenvalue weighted by Gasteiger charge is -2.34. The first-order valence-electron chi connectivity index (χ1n) is 5.34. The second-order valence-electron chi connectivity index (χ2n) is 5.28. The lowest BCUT2D eigenvalue weighted by Crippen LogP contribution is -2.42. The molecule has 1 fully saturated rings. The third-order valence-corrected chi connectivity index (χ3v) is 3.15. The maximum absolute atomic E-state index is 9.71. The van der Waals surface area contributed by atoms with Crippen LogP contribution >= 0.6 is 0 Å². The van der Waals surface area contributed by atoms with Gasteiger partial charge in [0.15, 0.2) is 0 Å². The van der Waals surface area contributed by atoms with Gasteiger partial charge in [0, 0.05) is 12.1 Å². The van der Waals surface area contributed by atoms with Crippen LogP contribution in [0.2, 0.25) is 0 Å². The summed E-state index contributed by atoms with van der Waals surface area (Å²) < 4.78 is 0. The zero-order valence-electron chi connectivity index (χ0n) is 9.38. The lowest BCUT2D eigenvalue weighted by molar-refractivity contribution is 0.106. The first-order chi connectivity index (χ1) is 5.91. The molecule has 0 spiro atoms. The molecule has 2 atom stereocenters. The molecule has 1 N–H and O–H groups in total. The Bertz CT molecular complexity index is 150. The van der Waals surface area contributed by atoms with Crippen LogP contribution in [0.5, 0.6) is 0 Å². The van der Waals surface area contributed by atoms with Gasteiger partial charge in [0.1, 0.15) is 0 Å². The van der Waals surface area contributed by atoms with Gasteiger partial charge >= 0.3 is 0 Å². The summed E-state index contributed by atoms with van der Waals surface area (Å²) in [7, 11) is 0. The Morgan fingerprint density at radius 1 is 1.15 bits per heavy atom. The van der Waals surface area contributed by atoms with Crippen LogP contribution in [0, 0.1) is 5.92 Å². The van der Waals surface area contributed by atoms with Crippen LogP contribution in [-0.2, 0) is 0 Å². The summed E-state index contributed by atoms with van der Waals surface area (Å²) in [5, 5.41) is 9.71. The molecule has 0 aromatic heterocycles. The minimum absolute atomic E-state index is 0.0904. The summed E-state index contributed by atoms with van der Waals surface area (Å²) in [6.07, 6.45) is 1.96. The van der Waals surface area contributed by atoms with E-state index >= 15 is 0 Å². The molecule has 2 nitrogen and oxygen atoms in total. The molecular weight excluding hydrogens is 162 g/mol. The van der Waals surface area contributed by atoms with Gasteiger partial charge in [-0.25, -0.2) is 0 Å². The van der Waals surface area contributed by atoms with Crippen molar-refractivity contribution in [3.05, 3.63) is 0 Å². The second kappa shape index (κ2) is 3.97. The van der Waals surface area contributed by atoms with Gasteiger partial charge in [-0.15, -0.1) is 0 Å². The minimum atomic E-state index is -0.0904. The van der Waals surface area contributed by atoms with E-state index in [1.54, 1.807) is 0 Å². The molecule has 1 saturated heterocycles.